The Bertz CT molecular complexity index is 1050. The van der Waals surface area contributed by atoms with Crippen LogP contribution in [0, 0.1) is 5.92 Å². The van der Waals surface area contributed by atoms with E-state index in [-0.39, 0.29) is 17.8 Å². The van der Waals surface area contributed by atoms with E-state index in [9.17, 15) is 44.7 Å². The molecule has 0 saturated carbocycles. The van der Waals surface area contributed by atoms with Crippen LogP contribution in [-0.4, -0.2) is 21.8 Å². The number of thiazole rings is 1. The largest absolute Gasteiger partial charge is 0.435 e. The van der Waals surface area contributed by atoms with E-state index in [4.69, 9.17) is 11.6 Å². The maximum atomic E-state index is 13.5. The van der Waals surface area contributed by atoms with Crippen molar-refractivity contribution < 1.29 is 49.5 Å². The van der Waals surface area contributed by atoms with Crippen LogP contribution in [0.15, 0.2) is 6.07 Å². The van der Waals surface area contributed by atoms with E-state index in [0.29, 0.717) is 6.07 Å². The SMILES string of the molecule is CC(C)Cc1cc(C(F)(F)F)nc(C(F)F)c1C(=O)ONC(=O)c1sc(Cl)nc1C(F)(F)F. The van der Waals surface area contributed by atoms with Crippen molar-refractivity contribution in [2.75, 3.05) is 0 Å². The standard InChI is InChI=1S/C17H12ClF8N3O3S/c1-5(2)3-6-4-7(16(21,22)23)27-9(12(19)20)8(6)14(31)32-29-13(30)10-11(17(24,25)26)28-15(18)33-10/h4-5,12H,3H2,1-2H3,(H,29,30). The molecular weight excluding hydrogens is 514 g/mol. The summed E-state index contributed by atoms with van der Waals surface area (Å²) in [5.74, 6) is -3.79. The molecule has 2 aromatic heterocycles. The zero-order valence-corrected chi connectivity index (χ0v) is 17.9. The number of rotatable bonds is 5. The maximum Gasteiger partial charge on any atom is 0.435 e. The van der Waals surface area contributed by atoms with Gasteiger partial charge >= 0.3 is 18.3 Å². The number of carbonyl (C=O) groups excluding carboxylic acids is 2. The molecule has 0 aliphatic heterocycles. The molecule has 0 bridgehead atoms. The average Bonchev–Trinajstić information content (AvgIpc) is 3.06. The van der Waals surface area contributed by atoms with Crippen LogP contribution in [0.1, 0.15) is 62.9 Å². The van der Waals surface area contributed by atoms with Gasteiger partial charge in [-0.2, -0.15) is 31.8 Å². The Morgan fingerprint density at radius 1 is 1.12 bits per heavy atom. The van der Waals surface area contributed by atoms with Gasteiger partial charge in [0.1, 0.15) is 16.3 Å². The van der Waals surface area contributed by atoms with Gasteiger partial charge in [-0.15, -0.1) is 0 Å². The Kier molecular flexibility index (Phi) is 7.89. The van der Waals surface area contributed by atoms with Crippen molar-refractivity contribution in [1.82, 2.24) is 15.4 Å². The third kappa shape index (κ3) is 6.50. The fourth-order valence-electron chi connectivity index (χ4n) is 2.59. The Morgan fingerprint density at radius 2 is 1.73 bits per heavy atom. The summed E-state index contributed by atoms with van der Waals surface area (Å²) in [7, 11) is 0. The molecule has 1 amide bonds. The van der Waals surface area contributed by atoms with Gasteiger partial charge in [0.15, 0.2) is 10.2 Å². The van der Waals surface area contributed by atoms with E-state index in [0.717, 1.165) is 0 Å². The molecule has 0 unspecified atom stereocenters. The lowest BCUT2D eigenvalue weighted by Crippen LogP contribution is -2.30. The molecule has 0 aliphatic rings. The highest BCUT2D eigenvalue weighted by atomic mass is 35.5. The molecule has 2 rings (SSSR count). The molecule has 0 radical (unpaired) electrons. The molecule has 0 aliphatic carbocycles. The van der Waals surface area contributed by atoms with Crippen LogP contribution in [0.5, 0.6) is 0 Å². The second-order valence-corrected chi connectivity index (χ2v) is 8.37. The van der Waals surface area contributed by atoms with E-state index in [2.05, 4.69) is 14.8 Å². The van der Waals surface area contributed by atoms with Crippen LogP contribution in [0.4, 0.5) is 35.1 Å². The number of pyridine rings is 1. The Hall–Kier alpha value is -2.55. The number of hydroxylamine groups is 1. The van der Waals surface area contributed by atoms with Crippen LogP contribution in [0.3, 0.4) is 0 Å². The summed E-state index contributed by atoms with van der Waals surface area (Å²) in [5.41, 5.74) is -5.13. The molecule has 0 spiro atoms. The number of alkyl halides is 8. The summed E-state index contributed by atoms with van der Waals surface area (Å²) in [4.78, 5) is 33.4. The van der Waals surface area contributed by atoms with Crippen LogP contribution in [0.2, 0.25) is 4.47 Å². The molecule has 1 N–H and O–H groups in total. The van der Waals surface area contributed by atoms with Crippen molar-refractivity contribution in [2.24, 2.45) is 5.92 Å². The topological polar surface area (TPSA) is 81.2 Å². The molecule has 33 heavy (non-hydrogen) atoms. The van der Waals surface area contributed by atoms with Gasteiger partial charge in [0.2, 0.25) is 0 Å². The fraction of sp³-hybridized carbons (Fsp3) is 0.412. The van der Waals surface area contributed by atoms with Gasteiger partial charge in [-0.05, 0) is 24.0 Å². The molecule has 182 valence electrons. The summed E-state index contributed by atoms with van der Waals surface area (Å²) in [6.07, 6.45) is -14.1. The van der Waals surface area contributed by atoms with Crippen molar-refractivity contribution >= 4 is 34.8 Å². The predicted molar refractivity (Wildman–Crippen MR) is 97.7 cm³/mol. The van der Waals surface area contributed by atoms with Crippen molar-refractivity contribution in [3.05, 3.63) is 43.6 Å². The van der Waals surface area contributed by atoms with E-state index < -0.39 is 74.1 Å². The van der Waals surface area contributed by atoms with Crippen LogP contribution in [-0.2, 0) is 23.6 Å². The van der Waals surface area contributed by atoms with Gasteiger partial charge in [-0.1, -0.05) is 36.8 Å². The van der Waals surface area contributed by atoms with Gasteiger partial charge in [-0.3, -0.25) is 4.79 Å². The van der Waals surface area contributed by atoms with Crippen molar-refractivity contribution in [3.8, 4) is 0 Å². The fourth-order valence-corrected chi connectivity index (χ4v) is 3.60. The first-order valence-corrected chi connectivity index (χ1v) is 9.86. The summed E-state index contributed by atoms with van der Waals surface area (Å²) in [6, 6.07) is 0.384. The minimum atomic E-state index is -5.11. The molecule has 0 fully saturated rings. The molecule has 0 atom stereocenters. The lowest BCUT2D eigenvalue weighted by molar-refractivity contribution is -0.142. The molecule has 16 heteroatoms. The number of halogens is 9. The summed E-state index contributed by atoms with van der Waals surface area (Å²) in [6.45, 7) is 3.05. The minimum absolute atomic E-state index is 0.0947. The molecule has 2 aromatic rings. The van der Waals surface area contributed by atoms with E-state index in [1.54, 1.807) is 0 Å². The van der Waals surface area contributed by atoms with Gasteiger partial charge < -0.3 is 4.84 Å². The van der Waals surface area contributed by atoms with Gasteiger partial charge in [0.25, 0.3) is 12.3 Å². The molecule has 0 aromatic carbocycles. The molecule has 0 saturated heterocycles. The first-order valence-electron chi connectivity index (χ1n) is 8.66. The second-order valence-electron chi connectivity index (χ2n) is 6.79. The monoisotopic (exact) mass is 525 g/mol. The molecular formula is C17H12ClF8N3O3S. The number of hydrogen-bond donors (Lipinski definition) is 1. The normalized spacial score (nSPS) is 12.4. The zero-order chi connectivity index (χ0) is 25.3. The molecule has 6 nitrogen and oxygen atoms in total. The lowest BCUT2D eigenvalue weighted by Gasteiger charge is -2.17. The Labute approximate surface area is 188 Å². The van der Waals surface area contributed by atoms with Crippen LogP contribution in [0.25, 0.3) is 0 Å². The summed E-state index contributed by atoms with van der Waals surface area (Å²) < 4.78 is 104. The van der Waals surface area contributed by atoms with Crippen LogP contribution < -0.4 is 5.48 Å². The highest BCUT2D eigenvalue weighted by Gasteiger charge is 2.40. The molecule has 2 heterocycles. The van der Waals surface area contributed by atoms with E-state index >= 15 is 0 Å². The van der Waals surface area contributed by atoms with Gasteiger partial charge in [-0.25, -0.2) is 23.5 Å². The lowest BCUT2D eigenvalue weighted by atomic mass is 9.96. The van der Waals surface area contributed by atoms with Crippen LogP contribution >= 0.6 is 22.9 Å². The third-order valence-corrected chi connectivity index (χ3v) is 4.93. The number of hydrogen-bond acceptors (Lipinski definition) is 6. The van der Waals surface area contributed by atoms with Gasteiger partial charge in [0.05, 0.1) is 5.56 Å². The third-order valence-electron chi connectivity index (χ3n) is 3.77. The Morgan fingerprint density at radius 3 is 2.21 bits per heavy atom. The quantitative estimate of drug-likeness (QED) is 0.390. The first-order chi connectivity index (χ1) is 15.0. The second kappa shape index (κ2) is 9.75. The first kappa shape index (κ1) is 26.7. The number of amides is 1. The Balaban J connectivity index is 2.42. The smallest absolute Gasteiger partial charge is 0.335 e. The van der Waals surface area contributed by atoms with Crippen molar-refractivity contribution in [1.29, 1.82) is 0 Å². The number of nitrogens with zero attached hydrogens (tertiary/aromatic N) is 2. The number of nitrogens with one attached hydrogen (secondary N) is 1. The zero-order valence-electron chi connectivity index (χ0n) is 16.4. The van der Waals surface area contributed by atoms with E-state index in [1.165, 1.54) is 19.3 Å². The minimum Gasteiger partial charge on any atom is -0.335 e. The highest BCUT2D eigenvalue weighted by Crippen LogP contribution is 2.36. The summed E-state index contributed by atoms with van der Waals surface area (Å²) in [5, 5.41) is 0. The predicted octanol–water partition coefficient (Wildman–Crippen LogP) is 5.87. The van der Waals surface area contributed by atoms with Crippen molar-refractivity contribution in [3.63, 3.8) is 0 Å². The number of carbonyl (C=O) groups is 2. The van der Waals surface area contributed by atoms with Gasteiger partial charge in [0, 0.05) is 0 Å². The highest BCUT2D eigenvalue weighted by molar-refractivity contribution is 7.17. The number of aromatic nitrogens is 2. The maximum absolute atomic E-state index is 13.5. The summed E-state index contributed by atoms with van der Waals surface area (Å²) >= 11 is 5.48. The van der Waals surface area contributed by atoms with Crippen molar-refractivity contribution in [2.45, 2.75) is 39.0 Å². The van der Waals surface area contributed by atoms with E-state index in [1.807, 2.05) is 0 Å². The average molecular weight is 526 g/mol.